The highest BCUT2D eigenvalue weighted by molar-refractivity contribution is 7.91. The van der Waals surface area contributed by atoms with Gasteiger partial charge in [-0.15, -0.1) is 0 Å². The van der Waals surface area contributed by atoms with Gasteiger partial charge in [0.2, 0.25) is 17.7 Å². The van der Waals surface area contributed by atoms with E-state index in [9.17, 15) is 35.6 Å². The van der Waals surface area contributed by atoms with E-state index in [4.69, 9.17) is 64.7 Å². The summed E-state index contributed by atoms with van der Waals surface area (Å²) in [5.41, 5.74) is 9.72. The van der Waals surface area contributed by atoms with Gasteiger partial charge in [0, 0.05) is 128 Å². The number of amides is 3. The molecule has 650 valence electrons. The zero-order valence-electron chi connectivity index (χ0n) is 73.0. The Morgan fingerprint density at radius 2 is 0.815 bits per heavy atom. The number of carbonyl (C=O) groups excluding carboxylic acids is 3. The van der Waals surface area contributed by atoms with Crippen molar-refractivity contribution < 1.29 is 35.6 Å². The molecule has 6 atom stereocenters. The van der Waals surface area contributed by atoms with Crippen LogP contribution >= 0.6 is 34.8 Å². The number of fused-ring (bicyclic) bond motifs is 3. The number of benzene rings is 5. The first-order valence-electron chi connectivity index (χ1n) is 41.5. The lowest BCUT2D eigenvalue weighted by molar-refractivity contribution is -0.131. The largest absolute Gasteiger partial charge is 0.350 e. The minimum Gasteiger partial charge on any atom is -0.350 e. The number of nitrogens with zero attached hydrogens (tertiary/aromatic N) is 17. The summed E-state index contributed by atoms with van der Waals surface area (Å²) in [6.07, 6.45) is 8.29. The molecule has 9 aromatic rings. The van der Waals surface area contributed by atoms with Gasteiger partial charge in [-0.05, 0) is 158 Å². The zero-order chi connectivity index (χ0) is 89.6. The van der Waals surface area contributed by atoms with Crippen LogP contribution in [0.5, 0.6) is 0 Å². The second-order valence-electron chi connectivity index (χ2n) is 34.0. The molecule has 0 saturated carbocycles. The van der Waals surface area contributed by atoms with Gasteiger partial charge < -0.3 is 39.2 Å². The molecule has 6 unspecified atom stereocenters. The Morgan fingerprint density at radius 1 is 0.468 bits per heavy atom. The predicted octanol–water partition coefficient (Wildman–Crippen LogP) is 17.5. The highest BCUT2D eigenvalue weighted by Gasteiger charge is 2.43. The Morgan fingerprint density at radius 3 is 1.20 bits per heavy atom. The van der Waals surface area contributed by atoms with E-state index in [2.05, 4.69) is 143 Å². The van der Waals surface area contributed by atoms with E-state index in [-0.39, 0.29) is 81.1 Å². The molecule has 10 heterocycles. The molecule has 3 amide bonds. The lowest BCUT2D eigenvalue weighted by Gasteiger charge is -2.46. The summed E-state index contributed by atoms with van der Waals surface area (Å²) in [6, 6.07) is 41.9. The van der Waals surface area contributed by atoms with E-state index in [0.717, 1.165) is 68.1 Å². The highest BCUT2D eigenvalue weighted by atomic mass is 35.5. The summed E-state index contributed by atoms with van der Waals surface area (Å²) >= 11 is 20.7. The van der Waals surface area contributed by atoms with Gasteiger partial charge in [-0.3, -0.25) is 19.3 Å². The molecule has 0 bridgehead atoms. The number of anilines is 6. The molecular formula is C94H107Cl3FN17O7S2. The van der Waals surface area contributed by atoms with Crippen LogP contribution in [0.3, 0.4) is 0 Å². The van der Waals surface area contributed by atoms with Crippen LogP contribution < -0.4 is 14.7 Å². The average molecular weight is 1780 g/mol. The summed E-state index contributed by atoms with van der Waals surface area (Å²) in [5.74, 6) is 4.69. The lowest BCUT2D eigenvalue weighted by Crippen LogP contribution is -2.59. The van der Waals surface area contributed by atoms with Gasteiger partial charge in [0.05, 0.1) is 64.8 Å². The molecule has 24 nitrogen and oxygen atoms in total. The number of para-hydroxylation sites is 2. The van der Waals surface area contributed by atoms with Crippen LogP contribution in [0, 0.1) is 12.7 Å². The fourth-order valence-corrected chi connectivity index (χ4v) is 19.7. The second kappa shape index (κ2) is 36.6. The van der Waals surface area contributed by atoms with Crippen LogP contribution in [0.25, 0.3) is 33.8 Å². The van der Waals surface area contributed by atoms with Crippen molar-refractivity contribution in [2.45, 2.75) is 160 Å². The van der Waals surface area contributed by atoms with Crippen molar-refractivity contribution in [3.05, 3.63) is 238 Å². The molecule has 5 aromatic carbocycles. The third-order valence-corrected chi connectivity index (χ3v) is 26.5. The quantitative estimate of drug-likeness (QED) is 0.0974. The fourth-order valence-electron chi connectivity index (χ4n) is 17.2. The Kier molecular flexibility index (Phi) is 26.8. The number of carbonyl (C=O) groups is 3. The zero-order valence-corrected chi connectivity index (χ0v) is 76.9. The molecule has 0 aliphatic carbocycles. The van der Waals surface area contributed by atoms with Crippen LogP contribution in [0.1, 0.15) is 135 Å². The van der Waals surface area contributed by atoms with E-state index in [1.165, 1.54) is 36.8 Å². The Bertz CT molecular complexity index is 6030. The number of sulfone groups is 2. The first-order valence-corrected chi connectivity index (χ1v) is 46.4. The van der Waals surface area contributed by atoms with Crippen molar-refractivity contribution in [2.75, 3.05) is 86.5 Å². The van der Waals surface area contributed by atoms with E-state index in [1.54, 1.807) is 66.7 Å². The third-order valence-electron chi connectivity index (χ3n) is 23.3. The number of piperazine rings is 3. The van der Waals surface area contributed by atoms with Crippen molar-refractivity contribution in [1.29, 1.82) is 0 Å². The van der Waals surface area contributed by atoms with Crippen molar-refractivity contribution in [1.82, 2.24) is 54.1 Å². The van der Waals surface area contributed by atoms with Gasteiger partial charge in [0.1, 0.15) is 66.6 Å². The molecule has 15 rings (SSSR count). The molecule has 3 fully saturated rings. The number of amidine groups is 3. The van der Waals surface area contributed by atoms with Crippen molar-refractivity contribution in [3.8, 4) is 33.8 Å². The minimum atomic E-state index is -3.55. The Balaban J connectivity index is 0.000000160. The number of hydrogen-bond donors (Lipinski definition) is 0. The van der Waals surface area contributed by atoms with Crippen molar-refractivity contribution >= 4 is 124 Å². The maximum atomic E-state index is 14.9. The third kappa shape index (κ3) is 18.1. The SMILES string of the molecule is C=CC(=O)N1CC(C)N(C2=NCN(c3c(C)cnn3C(C)C)c3nc(-c4ccccc4F)c(Cl)cc32)CC1C.C=CC(=O)N1CC(C)N(C2=NCN(c3ccccc3C(C)(C)C)c3nc(-c4ccccc4S(C)(=O)=O)c(Cl)cc32)CC1C.C=CC(=O)N1CC(C)N(C2=NCN(c3ccccc3C(C)C)c3nc(-c4ccccc4S(C)(=O)=O)c(Cl)cc32)CC1C. The standard InChI is InChI=1S/C33H38ClN5O3S.C32H36ClN5O3S.C29H33ClFN7O/c1-8-29(40)37-18-22(3)38(19-21(37)2)31-24-17-26(34)30(23-13-9-12-16-28(23)43(7,41)42)36-32(24)39(20-35-31)27-15-11-10-14-25(27)33(4,5)6;1-7-29(39)36-17-22(5)37(18-21(36)4)31-25-16-26(33)30(24-13-9-11-15-28(24)42(6,40)41)35-32(25)38(19-34-31)27-14-10-8-12-23(27)20(2)3;1-7-25(39)35-14-20(6)36(15-19(35)5)27-22-12-23(30)26(21-10-8-9-11-24(21)31)34-28(22)37(16-32-27)29-18(4)13-33-38(29)17(2)3/h8-17,21-22H,1,18-20H2,2-7H3;7-16,20-22H,1,17-19H2,2-6H3;7-13,17,19-20H,1,14-16H2,2-6H3. The summed E-state index contributed by atoms with van der Waals surface area (Å²) in [5, 5.41) is 5.59. The molecule has 0 radical (unpaired) electrons. The molecule has 30 heteroatoms. The summed E-state index contributed by atoms with van der Waals surface area (Å²) < 4.78 is 67.8. The van der Waals surface area contributed by atoms with Gasteiger partial charge in [-0.2, -0.15) is 5.10 Å². The number of rotatable bonds is 13. The average Bonchev–Trinajstić information content (AvgIpc) is 1.07. The molecule has 6 aliphatic heterocycles. The number of pyridine rings is 3. The smallest absolute Gasteiger partial charge is 0.246 e. The normalized spacial score (nSPS) is 19.1. The summed E-state index contributed by atoms with van der Waals surface area (Å²) in [6.45, 7) is 44.5. The first kappa shape index (κ1) is 90.6. The molecule has 3 saturated heterocycles. The second-order valence-corrected chi connectivity index (χ2v) is 39.2. The predicted molar refractivity (Wildman–Crippen MR) is 496 cm³/mol. The molecule has 124 heavy (non-hydrogen) atoms. The monoisotopic (exact) mass is 1770 g/mol. The topological polar surface area (TPSA) is 242 Å². The van der Waals surface area contributed by atoms with Crippen LogP contribution in [0.2, 0.25) is 15.1 Å². The number of aryl methyl sites for hydroxylation is 1. The van der Waals surface area contributed by atoms with E-state index in [0.29, 0.717) is 126 Å². The van der Waals surface area contributed by atoms with Crippen molar-refractivity contribution in [3.63, 3.8) is 0 Å². The van der Waals surface area contributed by atoms with E-state index >= 15 is 0 Å². The number of hydrogen-bond acceptors (Lipinski definition) is 20. The molecule has 4 aromatic heterocycles. The van der Waals surface area contributed by atoms with Crippen LogP contribution in [0.4, 0.5) is 39.0 Å². The van der Waals surface area contributed by atoms with Gasteiger partial charge in [-0.25, -0.2) is 55.8 Å². The number of aliphatic imine (C=N–C) groups is 3. The van der Waals surface area contributed by atoms with Gasteiger partial charge in [-0.1, -0.05) is 174 Å². The highest BCUT2D eigenvalue weighted by Crippen LogP contribution is 2.47. The van der Waals surface area contributed by atoms with Crippen LogP contribution in [-0.2, 0) is 39.5 Å². The van der Waals surface area contributed by atoms with Gasteiger partial charge >= 0.3 is 0 Å². The molecule has 6 aliphatic rings. The molecule has 0 spiro atoms. The Hall–Kier alpha value is -11.1. The number of halogens is 4. The number of aromatic nitrogens is 5. The maximum absolute atomic E-state index is 14.9. The van der Waals surface area contributed by atoms with Gasteiger partial charge in [0.15, 0.2) is 19.7 Å². The van der Waals surface area contributed by atoms with E-state index < -0.39 is 25.5 Å². The van der Waals surface area contributed by atoms with E-state index in [1.807, 2.05) is 101 Å². The van der Waals surface area contributed by atoms with Crippen molar-refractivity contribution in [2.24, 2.45) is 15.0 Å². The van der Waals surface area contributed by atoms with Gasteiger partial charge in [0.25, 0.3) is 0 Å². The van der Waals surface area contributed by atoms with Crippen LogP contribution in [-0.4, -0.2) is 214 Å². The lowest BCUT2D eigenvalue weighted by atomic mass is 9.85. The molecular weight excluding hydrogens is 1670 g/mol. The Labute approximate surface area is 742 Å². The summed E-state index contributed by atoms with van der Waals surface area (Å²) in [7, 11) is -7.09. The molecule has 0 N–H and O–H groups in total. The first-order chi connectivity index (χ1) is 58.8. The maximum Gasteiger partial charge on any atom is 0.246 e. The fraction of sp³-hybridized carbons (Fsp3) is 0.362. The van der Waals surface area contributed by atoms with Crippen LogP contribution in [0.15, 0.2) is 208 Å². The minimum absolute atomic E-state index is 0.00352. The summed E-state index contributed by atoms with van der Waals surface area (Å²) in [4.78, 5) is 86.5.